The van der Waals surface area contributed by atoms with Crippen LogP contribution in [-0.2, 0) is 18.4 Å². The number of aliphatic hydroxyl groups excluding tert-OH is 1. The first kappa shape index (κ1) is 40.2. The molecule has 0 rings (SSSR count). The van der Waals surface area contributed by atoms with Crippen LogP contribution in [0.4, 0.5) is 0 Å². The van der Waals surface area contributed by atoms with Crippen LogP contribution >= 0.6 is 7.82 Å². The number of phosphoric acid groups is 1. The highest BCUT2D eigenvalue weighted by atomic mass is 31.2. The lowest BCUT2D eigenvalue weighted by Crippen LogP contribution is -2.45. The van der Waals surface area contributed by atoms with Crippen LogP contribution in [0.25, 0.3) is 0 Å². The lowest BCUT2D eigenvalue weighted by Gasteiger charge is -2.29. The molecule has 0 aromatic rings. The molecule has 0 aliphatic carbocycles. The Kier molecular flexibility index (Phi) is 25.2. The maximum Gasteiger partial charge on any atom is 0.268 e. The molecular formula is C32H65N2O6P. The Bertz CT molecular complexity index is 698. The quantitative estimate of drug-likeness (QED) is 0.0410. The molecule has 0 bridgehead atoms. The van der Waals surface area contributed by atoms with Crippen LogP contribution in [0.3, 0.4) is 0 Å². The van der Waals surface area contributed by atoms with Crippen LogP contribution in [0.1, 0.15) is 136 Å². The fourth-order valence-electron chi connectivity index (χ4n) is 4.50. The Morgan fingerprint density at radius 1 is 0.829 bits per heavy atom. The summed E-state index contributed by atoms with van der Waals surface area (Å²) in [4.78, 5) is 24.9. The van der Waals surface area contributed by atoms with E-state index in [4.69, 9.17) is 9.05 Å². The van der Waals surface area contributed by atoms with Gasteiger partial charge in [0.25, 0.3) is 7.82 Å². The Balaban J connectivity index is 4.63. The zero-order valence-corrected chi connectivity index (χ0v) is 28.1. The zero-order valence-electron chi connectivity index (χ0n) is 27.2. The van der Waals surface area contributed by atoms with Gasteiger partial charge in [-0.3, -0.25) is 9.36 Å². The molecule has 0 aromatic carbocycles. The fourth-order valence-corrected chi connectivity index (χ4v) is 5.22. The number of carbonyl (C=O) groups is 1. The third-order valence-corrected chi connectivity index (χ3v) is 8.21. The molecule has 41 heavy (non-hydrogen) atoms. The number of phosphoric ester groups is 1. The minimum Gasteiger partial charge on any atom is -0.756 e. The van der Waals surface area contributed by atoms with E-state index in [1.54, 1.807) is 6.08 Å². The van der Waals surface area contributed by atoms with Crippen molar-refractivity contribution in [2.24, 2.45) is 0 Å². The third kappa shape index (κ3) is 27.8. The highest BCUT2D eigenvalue weighted by molar-refractivity contribution is 7.45. The number of allylic oxidation sites excluding steroid dienone is 1. The van der Waals surface area contributed by atoms with Crippen LogP contribution < -0.4 is 10.2 Å². The molecule has 0 heterocycles. The van der Waals surface area contributed by atoms with E-state index >= 15 is 0 Å². The molecule has 0 fully saturated rings. The second-order valence-electron chi connectivity index (χ2n) is 12.5. The first-order valence-corrected chi connectivity index (χ1v) is 18.0. The molecule has 0 aliphatic heterocycles. The van der Waals surface area contributed by atoms with E-state index in [1.165, 1.54) is 77.0 Å². The summed E-state index contributed by atoms with van der Waals surface area (Å²) < 4.78 is 22.9. The van der Waals surface area contributed by atoms with Gasteiger partial charge in [0, 0.05) is 6.42 Å². The van der Waals surface area contributed by atoms with Crippen molar-refractivity contribution >= 4 is 13.7 Å². The average Bonchev–Trinajstić information content (AvgIpc) is 2.90. The van der Waals surface area contributed by atoms with Crippen LogP contribution in [-0.4, -0.2) is 68.5 Å². The first-order chi connectivity index (χ1) is 19.5. The van der Waals surface area contributed by atoms with Gasteiger partial charge in [0.05, 0.1) is 39.9 Å². The van der Waals surface area contributed by atoms with Gasteiger partial charge in [0.2, 0.25) is 5.91 Å². The number of nitrogens with one attached hydrogen (secondary N) is 1. The highest BCUT2D eigenvalue weighted by Gasteiger charge is 2.23. The van der Waals surface area contributed by atoms with Crippen LogP contribution in [0.15, 0.2) is 12.2 Å². The van der Waals surface area contributed by atoms with Gasteiger partial charge in [-0.15, -0.1) is 0 Å². The van der Waals surface area contributed by atoms with Crippen LogP contribution in [0.5, 0.6) is 0 Å². The number of unbranched alkanes of at least 4 members (excludes halogenated alkanes) is 16. The second-order valence-corrected chi connectivity index (χ2v) is 13.9. The van der Waals surface area contributed by atoms with Gasteiger partial charge in [0.15, 0.2) is 0 Å². The molecule has 0 radical (unpaired) electrons. The Morgan fingerprint density at radius 2 is 1.32 bits per heavy atom. The largest absolute Gasteiger partial charge is 0.756 e. The summed E-state index contributed by atoms with van der Waals surface area (Å²) in [5, 5.41) is 13.6. The summed E-state index contributed by atoms with van der Waals surface area (Å²) in [6, 6.07) is -0.875. The van der Waals surface area contributed by atoms with E-state index in [0.717, 1.165) is 38.5 Å². The van der Waals surface area contributed by atoms with Crippen molar-refractivity contribution in [2.75, 3.05) is 40.9 Å². The van der Waals surface area contributed by atoms with E-state index in [9.17, 15) is 19.4 Å². The molecule has 0 aromatic heterocycles. The van der Waals surface area contributed by atoms with Gasteiger partial charge in [-0.05, 0) is 19.3 Å². The summed E-state index contributed by atoms with van der Waals surface area (Å²) in [5.41, 5.74) is 0. The number of likely N-dealkylation sites (N-methyl/N-ethyl adjacent to an activating group) is 1. The highest BCUT2D eigenvalue weighted by Crippen LogP contribution is 2.38. The number of hydrogen-bond acceptors (Lipinski definition) is 6. The zero-order chi connectivity index (χ0) is 30.8. The molecule has 8 nitrogen and oxygen atoms in total. The number of nitrogens with zero attached hydrogens (tertiary/aromatic N) is 1. The molecule has 0 spiro atoms. The molecule has 3 atom stereocenters. The fraction of sp³-hybridized carbons (Fsp3) is 0.906. The van der Waals surface area contributed by atoms with Crippen LogP contribution in [0.2, 0.25) is 0 Å². The summed E-state index contributed by atoms with van der Waals surface area (Å²) in [6.07, 6.45) is 24.0. The predicted molar refractivity (Wildman–Crippen MR) is 169 cm³/mol. The standard InChI is InChI=1S/C32H65N2O6P/c1-6-8-10-12-14-16-18-20-22-24-26-32(36)33-30(29-40-41(37,38)39-28-27-34(3,4)5)31(35)25-23-21-19-17-15-13-11-9-7-2/h23,25,30-31,35H,6-22,24,26-29H2,1-5H3,(H-,33,36,37,38)/b25-23+/t30-,31+/m0/s1. The normalized spacial score (nSPS) is 15.2. The van der Waals surface area contributed by atoms with Crippen molar-refractivity contribution in [3.05, 3.63) is 12.2 Å². The van der Waals surface area contributed by atoms with Crippen molar-refractivity contribution in [2.45, 2.75) is 148 Å². The third-order valence-electron chi connectivity index (χ3n) is 7.25. The molecule has 2 N–H and O–H groups in total. The molecule has 0 saturated carbocycles. The first-order valence-electron chi connectivity index (χ1n) is 16.6. The maximum absolute atomic E-state index is 12.6. The number of quaternary nitrogens is 1. The van der Waals surface area contributed by atoms with E-state index in [0.29, 0.717) is 17.4 Å². The summed E-state index contributed by atoms with van der Waals surface area (Å²) in [5.74, 6) is -0.204. The van der Waals surface area contributed by atoms with Gasteiger partial charge in [0.1, 0.15) is 13.2 Å². The maximum atomic E-state index is 12.6. The number of hydrogen-bond donors (Lipinski definition) is 2. The molecular weight excluding hydrogens is 539 g/mol. The smallest absolute Gasteiger partial charge is 0.268 e. The summed E-state index contributed by atoms with van der Waals surface area (Å²) >= 11 is 0. The number of carbonyl (C=O) groups excluding carboxylic acids is 1. The lowest BCUT2D eigenvalue weighted by atomic mass is 10.1. The Morgan fingerprint density at radius 3 is 1.83 bits per heavy atom. The van der Waals surface area contributed by atoms with E-state index < -0.39 is 20.0 Å². The van der Waals surface area contributed by atoms with Crippen molar-refractivity contribution in [3.63, 3.8) is 0 Å². The average molecular weight is 605 g/mol. The minimum absolute atomic E-state index is 0.000937. The minimum atomic E-state index is -4.56. The van der Waals surface area contributed by atoms with Gasteiger partial charge >= 0.3 is 0 Å². The van der Waals surface area contributed by atoms with E-state index in [1.807, 2.05) is 27.2 Å². The Hall–Kier alpha value is -0.760. The topological polar surface area (TPSA) is 108 Å². The SMILES string of the molecule is CCCCCCCCC/C=C/[C@@H](O)[C@H](COP(=O)([O-])OCC[N+](C)(C)C)NC(=O)CCCCCCCCCCCC. The number of amides is 1. The van der Waals surface area contributed by atoms with Crippen molar-refractivity contribution in [3.8, 4) is 0 Å². The van der Waals surface area contributed by atoms with Crippen LogP contribution in [0, 0.1) is 0 Å². The number of rotatable bonds is 29. The van der Waals surface area contributed by atoms with Crippen molar-refractivity contribution in [1.29, 1.82) is 0 Å². The van der Waals surface area contributed by atoms with Gasteiger partial charge in [-0.2, -0.15) is 0 Å². The van der Waals surface area contributed by atoms with E-state index in [-0.39, 0.29) is 19.1 Å². The van der Waals surface area contributed by atoms with E-state index in [2.05, 4.69) is 19.2 Å². The van der Waals surface area contributed by atoms with Gasteiger partial charge < -0.3 is 28.8 Å². The molecule has 0 aliphatic rings. The lowest BCUT2D eigenvalue weighted by molar-refractivity contribution is -0.870. The van der Waals surface area contributed by atoms with Gasteiger partial charge in [-0.1, -0.05) is 122 Å². The predicted octanol–water partition coefficient (Wildman–Crippen LogP) is 7.05. The summed E-state index contributed by atoms with van der Waals surface area (Å²) in [6.45, 7) is 4.56. The molecule has 0 saturated heterocycles. The van der Waals surface area contributed by atoms with Crippen molar-refractivity contribution in [1.82, 2.24) is 5.32 Å². The van der Waals surface area contributed by atoms with Gasteiger partial charge in [-0.25, -0.2) is 0 Å². The molecule has 1 amide bonds. The number of aliphatic hydroxyl groups is 1. The molecule has 1 unspecified atom stereocenters. The second kappa shape index (κ2) is 25.7. The summed E-state index contributed by atoms with van der Waals surface area (Å²) in [7, 11) is 1.26. The molecule has 9 heteroatoms. The Labute approximate surface area is 252 Å². The van der Waals surface area contributed by atoms with Crippen molar-refractivity contribution < 1.29 is 32.9 Å². The monoisotopic (exact) mass is 604 g/mol. The molecule has 244 valence electrons.